The molecule has 2 aliphatic rings. The number of halogens is 2. The Bertz CT molecular complexity index is 1400. The summed E-state index contributed by atoms with van der Waals surface area (Å²) in [6.45, 7) is -4.04. The van der Waals surface area contributed by atoms with Gasteiger partial charge in [-0.1, -0.05) is 97.1 Å². The molecule has 0 amide bonds. The minimum Gasteiger partial charge on any atom is -0.390 e. The second-order valence-corrected chi connectivity index (χ2v) is 8.10. The average molecular weight is 448 g/mol. The third kappa shape index (κ3) is 4.33. The Labute approximate surface area is 198 Å². The molecular formula is C29H23BF2N2. The van der Waals surface area contributed by atoms with Crippen LogP contribution in [0.4, 0.5) is 8.63 Å². The first kappa shape index (κ1) is 21.6. The summed E-state index contributed by atoms with van der Waals surface area (Å²) < 4.78 is 33.9. The van der Waals surface area contributed by atoms with Crippen LogP contribution in [0, 0.1) is 0 Å². The Hall–Kier alpha value is -4.25. The summed E-state index contributed by atoms with van der Waals surface area (Å²) in [5.41, 5.74) is 4.05. The standard InChI is InChI=1S/C29H23BF2N2/c31-30(32)33-26(17-9-7-15-24-11-3-1-4-12-24)19-21-28(33)23-29-22-20-27(34(29)30)18-10-8-16-25-13-5-2-6-14-25/h1-23H/b15-7+,16-8+,17-9+,18-10+. The first-order valence-corrected chi connectivity index (χ1v) is 11.2. The van der Waals surface area contributed by atoms with Crippen molar-refractivity contribution in [2.45, 2.75) is 0 Å². The van der Waals surface area contributed by atoms with Gasteiger partial charge in [0.2, 0.25) is 0 Å². The maximum Gasteiger partial charge on any atom is 0.737 e. The van der Waals surface area contributed by atoms with Crippen molar-refractivity contribution in [1.82, 2.24) is 4.48 Å². The van der Waals surface area contributed by atoms with Gasteiger partial charge in [-0.3, -0.25) is 0 Å². The molecule has 2 aliphatic heterocycles. The molecule has 5 heteroatoms. The summed E-state index contributed by atoms with van der Waals surface area (Å²) in [6.07, 6.45) is 19.9. The average Bonchev–Trinajstić information content (AvgIpc) is 3.46. The number of hydrogen-bond donors (Lipinski definition) is 0. The molecule has 0 saturated carbocycles. The van der Waals surface area contributed by atoms with Gasteiger partial charge in [-0.05, 0) is 29.3 Å². The number of aromatic nitrogens is 1. The molecule has 2 nitrogen and oxygen atoms in total. The van der Waals surface area contributed by atoms with E-state index in [0.717, 1.165) is 20.1 Å². The molecule has 3 heterocycles. The number of hydrogen-bond acceptors (Lipinski definition) is 0. The predicted octanol–water partition coefficient (Wildman–Crippen LogP) is 7.08. The third-order valence-electron chi connectivity index (χ3n) is 5.81. The number of allylic oxidation sites excluding steroid dienone is 7. The highest BCUT2D eigenvalue weighted by Gasteiger charge is 2.51. The predicted molar refractivity (Wildman–Crippen MR) is 139 cm³/mol. The zero-order chi connectivity index (χ0) is 23.4. The van der Waals surface area contributed by atoms with Gasteiger partial charge in [-0.2, -0.15) is 0 Å². The van der Waals surface area contributed by atoms with Gasteiger partial charge >= 0.3 is 6.97 Å². The lowest BCUT2D eigenvalue weighted by atomic mass is 9.90. The van der Waals surface area contributed by atoms with E-state index in [1.54, 1.807) is 54.7 Å². The SMILES string of the molecule is F[B-]1(F)n2c(ccc2/C=C/C=C/c2ccccc2)C=C2C=CC(/C=C/C=C/c3ccccc3)=[N+]21. The molecule has 0 radical (unpaired) electrons. The van der Waals surface area contributed by atoms with Crippen molar-refractivity contribution >= 4 is 37.0 Å². The first-order valence-electron chi connectivity index (χ1n) is 11.2. The lowest BCUT2D eigenvalue weighted by Crippen LogP contribution is -2.50. The van der Waals surface area contributed by atoms with Gasteiger partial charge in [-0.15, -0.1) is 0 Å². The zero-order valence-electron chi connectivity index (χ0n) is 18.5. The molecular weight excluding hydrogens is 425 g/mol. The van der Waals surface area contributed by atoms with E-state index in [2.05, 4.69) is 0 Å². The number of nitrogens with zero attached hydrogens (tertiary/aromatic N) is 2. The van der Waals surface area contributed by atoms with Crippen LogP contribution in [-0.4, -0.2) is 21.6 Å². The van der Waals surface area contributed by atoms with Crippen LogP contribution in [0.1, 0.15) is 22.5 Å². The summed E-state index contributed by atoms with van der Waals surface area (Å²) in [5.74, 6) is 0. The van der Waals surface area contributed by atoms with E-state index < -0.39 is 6.97 Å². The van der Waals surface area contributed by atoms with Crippen LogP contribution in [0.2, 0.25) is 0 Å². The second kappa shape index (κ2) is 9.32. The van der Waals surface area contributed by atoms with Crippen molar-refractivity contribution in [2.24, 2.45) is 0 Å². The molecule has 0 aliphatic carbocycles. The Morgan fingerprint density at radius 3 is 1.88 bits per heavy atom. The quantitative estimate of drug-likeness (QED) is 0.281. The van der Waals surface area contributed by atoms with Crippen molar-refractivity contribution in [3.63, 3.8) is 0 Å². The van der Waals surface area contributed by atoms with E-state index in [1.165, 1.54) is 0 Å². The lowest BCUT2D eigenvalue weighted by Gasteiger charge is -2.29. The summed E-state index contributed by atoms with van der Waals surface area (Å²) in [4.78, 5) is 0. The Balaban J connectivity index is 1.41. The number of benzene rings is 2. The van der Waals surface area contributed by atoms with Crippen LogP contribution < -0.4 is 0 Å². The van der Waals surface area contributed by atoms with Crippen molar-refractivity contribution in [1.29, 1.82) is 0 Å². The van der Waals surface area contributed by atoms with Crippen LogP contribution in [0.25, 0.3) is 24.3 Å². The van der Waals surface area contributed by atoms with Crippen LogP contribution >= 0.6 is 0 Å². The van der Waals surface area contributed by atoms with E-state index in [-0.39, 0.29) is 0 Å². The van der Waals surface area contributed by atoms with Crippen LogP contribution in [0.15, 0.2) is 121 Å². The Morgan fingerprint density at radius 1 is 0.647 bits per heavy atom. The molecule has 0 fully saturated rings. The summed E-state index contributed by atoms with van der Waals surface area (Å²) in [7, 11) is 0. The van der Waals surface area contributed by atoms with E-state index in [0.29, 0.717) is 22.8 Å². The summed E-state index contributed by atoms with van der Waals surface area (Å²) >= 11 is 0. The fourth-order valence-electron chi connectivity index (χ4n) is 4.22. The maximum absolute atomic E-state index is 15.8. The van der Waals surface area contributed by atoms with Gasteiger partial charge in [0.15, 0.2) is 11.4 Å². The zero-order valence-corrected chi connectivity index (χ0v) is 18.5. The van der Waals surface area contributed by atoms with Gasteiger partial charge in [0, 0.05) is 35.7 Å². The summed E-state index contributed by atoms with van der Waals surface area (Å²) in [6, 6.07) is 23.2. The van der Waals surface area contributed by atoms with E-state index in [4.69, 9.17) is 0 Å². The highest BCUT2D eigenvalue weighted by molar-refractivity contribution is 6.58. The monoisotopic (exact) mass is 448 g/mol. The third-order valence-corrected chi connectivity index (χ3v) is 5.81. The van der Waals surface area contributed by atoms with Crippen molar-refractivity contribution < 1.29 is 13.1 Å². The van der Waals surface area contributed by atoms with Crippen LogP contribution in [-0.2, 0) is 0 Å². The normalized spacial score (nSPS) is 16.8. The first-order chi connectivity index (χ1) is 16.6. The van der Waals surface area contributed by atoms with Gasteiger partial charge in [0.25, 0.3) is 0 Å². The molecule has 0 saturated heterocycles. The second-order valence-electron chi connectivity index (χ2n) is 8.10. The highest BCUT2D eigenvalue weighted by Crippen LogP contribution is 2.33. The molecule has 0 atom stereocenters. The van der Waals surface area contributed by atoms with E-state index >= 15 is 8.63 Å². The maximum atomic E-state index is 15.8. The molecule has 0 spiro atoms. The number of fused-ring (bicyclic) bond motifs is 2. The molecule has 34 heavy (non-hydrogen) atoms. The van der Waals surface area contributed by atoms with E-state index in [9.17, 15) is 0 Å². The van der Waals surface area contributed by atoms with Crippen LogP contribution in [0.5, 0.6) is 0 Å². The van der Waals surface area contributed by atoms with Crippen molar-refractivity contribution in [2.75, 3.05) is 0 Å². The minimum atomic E-state index is -4.04. The molecule has 3 aromatic rings. The molecule has 0 unspecified atom stereocenters. The van der Waals surface area contributed by atoms with Gasteiger partial charge in [0.1, 0.15) is 0 Å². The molecule has 2 aromatic carbocycles. The van der Waals surface area contributed by atoms with Crippen molar-refractivity contribution in [3.8, 4) is 0 Å². The van der Waals surface area contributed by atoms with Gasteiger partial charge in [0.05, 0.1) is 0 Å². The fourth-order valence-corrected chi connectivity index (χ4v) is 4.22. The summed E-state index contributed by atoms with van der Waals surface area (Å²) in [5, 5.41) is 0. The topological polar surface area (TPSA) is 7.94 Å². The van der Waals surface area contributed by atoms with Crippen molar-refractivity contribution in [3.05, 3.63) is 144 Å². The van der Waals surface area contributed by atoms with E-state index in [1.807, 2.05) is 85.0 Å². The molecule has 166 valence electrons. The molecule has 0 bridgehead atoms. The Morgan fingerprint density at radius 2 is 1.24 bits per heavy atom. The molecule has 0 N–H and O–H groups in total. The number of rotatable bonds is 6. The van der Waals surface area contributed by atoms with Crippen LogP contribution in [0.3, 0.4) is 0 Å². The Kier molecular flexibility index (Phi) is 5.92. The lowest BCUT2D eigenvalue weighted by molar-refractivity contribution is -0.359. The minimum absolute atomic E-state index is 0.465. The highest BCUT2D eigenvalue weighted by atomic mass is 19.2. The van der Waals surface area contributed by atoms with Gasteiger partial charge in [-0.25, -0.2) is 0 Å². The smallest absolute Gasteiger partial charge is 0.390 e. The largest absolute Gasteiger partial charge is 0.737 e. The molecule has 1 aromatic heterocycles. The van der Waals surface area contributed by atoms with Gasteiger partial charge < -0.3 is 17.6 Å². The fraction of sp³-hybridized carbons (Fsp3) is 0. The molecule has 5 rings (SSSR count).